The first-order valence-corrected chi connectivity index (χ1v) is 4.04. The molecule has 2 heteroatoms. The third-order valence-electron chi connectivity index (χ3n) is 1.16. The number of rotatable bonds is 0. The Morgan fingerprint density at radius 2 is 2.12 bits per heavy atom. The van der Waals surface area contributed by atoms with Crippen LogP contribution in [-0.2, 0) is 0 Å². The Hall–Kier alpha value is 0.440. The number of halogens is 2. The Morgan fingerprint density at radius 1 is 1.50 bits per heavy atom. The zero-order valence-corrected chi connectivity index (χ0v) is 7.66. The summed E-state index contributed by atoms with van der Waals surface area (Å²) in [4.78, 5) is 0. The van der Waals surface area contributed by atoms with Crippen LogP contribution in [0.4, 0.5) is 0 Å². The standard InChI is InChI=1S/C6H6Br2/c1-4-2-3-5(7)6(4)8/h2-4H,1H3. The molecule has 0 saturated carbocycles. The van der Waals surface area contributed by atoms with E-state index in [1.54, 1.807) is 0 Å². The van der Waals surface area contributed by atoms with Crippen molar-refractivity contribution in [1.29, 1.82) is 0 Å². The predicted molar refractivity (Wildman–Crippen MR) is 43.2 cm³/mol. The van der Waals surface area contributed by atoms with Crippen LogP contribution < -0.4 is 0 Å². The summed E-state index contributed by atoms with van der Waals surface area (Å²) < 4.78 is 2.42. The largest absolute Gasteiger partial charge is 0.0756 e. The minimum absolute atomic E-state index is 0.560. The molecule has 1 atom stereocenters. The van der Waals surface area contributed by atoms with Gasteiger partial charge in [0.15, 0.2) is 0 Å². The van der Waals surface area contributed by atoms with Gasteiger partial charge in [-0.15, -0.1) is 0 Å². The van der Waals surface area contributed by atoms with Crippen molar-refractivity contribution in [1.82, 2.24) is 0 Å². The van der Waals surface area contributed by atoms with E-state index in [-0.39, 0.29) is 0 Å². The van der Waals surface area contributed by atoms with Crippen molar-refractivity contribution >= 4 is 31.9 Å². The summed E-state index contributed by atoms with van der Waals surface area (Å²) in [6, 6.07) is 0. The van der Waals surface area contributed by atoms with Gasteiger partial charge >= 0.3 is 0 Å². The molecule has 0 aromatic carbocycles. The third kappa shape index (κ3) is 1.06. The van der Waals surface area contributed by atoms with Gasteiger partial charge in [-0.1, -0.05) is 35.0 Å². The quantitative estimate of drug-likeness (QED) is 0.607. The van der Waals surface area contributed by atoms with Crippen LogP contribution in [0, 0.1) is 5.92 Å². The fourth-order valence-electron chi connectivity index (χ4n) is 0.610. The molecule has 1 unspecified atom stereocenters. The predicted octanol–water partition coefficient (Wildman–Crippen LogP) is 3.19. The fraction of sp³-hybridized carbons (Fsp3) is 0.333. The van der Waals surface area contributed by atoms with Gasteiger partial charge < -0.3 is 0 Å². The molecule has 0 amide bonds. The van der Waals surface area contributed by atoms with E-state index in [4.69, 9.17) is 0 Å². The number of allylic oxidation sites excluding steroid dienone is 4. The second-order valence-corrected chi connectivity index (χ2v) is 3.55. The van der Waals surface area contributed by atoms with Gasteiger partial charge in [-0.3, -0.25) is 0 Å². The van der Waals surface area contributed by atoms with Crippen LogP contribution in [0.1, 0.15) is 6.92 Å². The minimum Gasteiger partial charge on any atom is -0.0756 e. The molecule has 0 spiro atoms. The highest BCUT2D eigenvalue weighted by Gasteiger charge is 2.10. The highest BCUT2D eigenvalue weighted by molar-refractivity contribution is 9.14. The summed E-state index contributed by atoms with van der Waals surface area (Å²) >= 11 is 6.83. The van der Waals surface area contributed by atoms with Gasteiger partial charge in [-0.05, 0) is 15.9 Å². The Morgan fingerprint density at radius 3 is 2.25 bits per heavy atom. The average Bonchev–Trinajstić information content (AvgIpc) is 1.98. The minimum atomic E-state index is 0.560. The summed E-state index contributed by atoms with van der Waals surface area (Å²) in [5.41, 5.74) is 0. The Balaban J connectivity index is 2.85. The van der Waals surface area contributed by atoms with Gasteiger partial charge in [0.05, 0.1) is 0 Å². The van der Waals surface area contributed by atoms with Crippen LogP contribution in [0.5, 0.6) is 0 Å². The number of hydrogen-bond acceptors (Lipinski definition) is 0. The molecule has 44 valence electrons. The van der Waals surface area contributed by atoms with E-state index in [9.17, 15) is 0 Å². The monoisotopic (exact) mass is 236 g/mol. The third-order valence-corrected chi connectivity index (χ3v) is 3.53. The first-order valence-electron chi connectivity index (χ1n) is 2.45. The van der Waals surface area contributed by atoms with E-state index in [1.165, 1.54) is 8.96 Å². The van der Waals surface area contributed by atoms with E-state index < -0.39 is 0 Å². The van der Waals surface area contributed by atoms with Crippen molar-refractivity contribution in [2.24, 2.45) is 5.92 Å². The molecule has 0 aromatic rings. The lowest BCUT2D eigenvalue weighted by Crippen LogP contribution is -1.81. The first kappa shape index (κ1) is 6.56. The molecule has 0 aromatic heterocycles. The van der Waals surface area contributed by atoms with Crippen LogP contribution in [0.15, 0.2) is 21.1 Å². The second-order valence-electron chi connectivity index (χ2n) is 1.84. The topological polar surface area (TPSA) is 0 Å². The van der Waals surface area contributed by atoms with E-state index in [1.807, 2.05) is 0 Å². The smallest absolute Gasteiger partial charge is 0.0279 e. The zero-order valence-electron chi connectivity index (χ0n) is 4.49. The lowest BCUT2D eigenvalue weighted by atomic mass is 10.2. The van der Waals surface area contributed by atoms with Gasteiger partial charge in [0, 0.05) is 14.9 Å². The van der Waals surface area contributed by atoms with Crippen molar-refractivity contribution in [3.8, 4) is 0 Å². The summed E-state index contributed by atoms with van der Waals surface area (Å²) in [6.07, 6.45) is 4.21. The molecule has 1 rings (SSSR count). The summed E-state index contributed by atoms with van der Waals surface area (Å²) in [6.45, 7) is 2.15. The van der Waals surface area contributed by atoms with Crippen molar-refractivity contribution in [3.05, 3.63) is 21.1 Å². The van der Waals surface area contributed by atoms with E-state index in [2.05, 4.69) is 50.9 Å². The normalized spacial score (nSPS) is 27.6. The molecular formula is C6H6Br2. The van der Waals surface area contributed by atoms with Crippen molar-refractivity contribution in [2.75, 3.05) is 0 Å². The lowest BCUT2D eigenvalue weighted by Gasteiger charge is -1.96. The molecule has 1 aliphatic rings. The summed E-state index contributed by atoms with van der Waals surface area (Å²) in [5, 5.41) is 0. The van der Waals surface area contributed by atoms with Crippen molar-refractivity contribution in [3.63, 3.8) is 0 Å². The maximum Gasteiger partial charge on any atom is 0.0279 e. The van der Waals surface area contributed by atoms with Gasteiger partial charge in [-0.25, -0.2) is 0 Å². The van der Waals surface area contributed by atoms with Crippen LogP contribution in [0.2, 0.25) is 0 Å². The number of hydrogen-bond donors (Lipinski definition) is 0. The highest BCUT2D eigenvalue weighted by Crippen LogP contribution is 2.32. The Bertz CT molecular complexity index is 156. The molecule has 0 heterocycles. The average molecular weight is 238 g/mol. The zero-order chi connectivity index (χ0) is 6.15. The molecule has 0 bridgehead atoms. The molecule has 8 heavy (non-hydrogen) atoms. The van der Waals surface area contributed by atoms with E-state index in [0.717, 1.165) is 0 Å². The van der Waals surface area contributed by atoms with Gasteiger partial charge in [0.25, 0.3) is 0 Å². The maximum atomic E-state index is 3.44. The van der Waals surface area contributed by atoms with Crippen LogP contribution in [0.3, 0.4) is 0 Å². The van der Waals surface area contributed by atoms with E-state index in [0.29, 0.717) is 5.92 Å². The lowest BCUT2D eigenvalue weighted by molar-refractivity contribution is 0.945. The Kier molecular flexibility index (Phi) is 1.93. The molecule has 0 radical (unpaired) electrons. The SMILES string of the molecule is CC1C=CC(Br)=C1Br. The highest BCUT2D eigenvalue weighted by atomic mass is 79.9. The molecular weight excluding hydrogens is 232 g/mol. The summed E-state index contributed by atoms with van der Waals surface area (Å²) in [5.74, 6) is 0.560. The molecule has 0 N–H and O–H groups in total. The van der Waals surface area contributed by atoms with Crippen LogP contribution >= 0.6 is 31.9 Å². The first-order chi connectivity index (χ1) is 3.72. The van der Waals surface area contributed by atoms with Crippen molar-refractivity contribution in [2.45, 2.75) is 6.92 Å². The van der Waals surface area contributed by atoms with Gasteiger partial charge in [0.1, 0.15) is 0 Å². The fourth-order valence-corrected chi connectivity index (χ4v) is 1.41. The molecule has 0 aliphatic heterocycles. The summed E-state index contributed by atoms with van der Waals surface area (Å²) in [7, 11) is 0. The molecule has 0 nitrogen and oxygen atoms in total. The second kappa shape index (κ2) is 2.36. The Labute approximate surface area is 65.9 Å². The maximum absolute atomic E-state index is 3.44. The van der Waals surface area contributed by atoms with Crippen molar-refractivity contribution < 1.29 is 0 Å². The van der Waals surface area contributed by atoms with Gasteiger partial charge in [0.2, 0.25) is 0 Å². The molecule has 1 aliphatic carbocycles. The van der Waals surface area contributed by atoms with Gasteiger partial charge in [-0.2, -0.15) is 0 Å². The molecule has 0 fully saturated rings. The van der Waals surface area contributed by atoms with Crippen LogP contribution in [0.25, 0.3) is 0 Å². The van der Waals surface area contributed by atoms with E-state index >= 15 is 0 Å². The van der Waals surface area contributed by atoms with Crippen LogP contribution in [-0.4, -0.2) is 0 Å². The molecule has 0 saturated heterocycles.